The molecule has 2 fully saturated rings. The molecule has 6 aromatic carbocycles. The van der Waals surface area contributed by atoms with E-state index in [0.29, 0.717) is 23.3 Å². The summed E-state index contributed by atoms with van der Waals surface area (Å²) in [6.45, 7) is 10.5. The van der Waals surface area contributed by atoms with Gasteiger partial charge in [0.2, 0.25) is 0 Å². The number of benzene rings is 6. The molecule has 28 heteroatoms. The lowest BCUT2D eigenvalue weighted by molar-refractivity contribution is -0.145. The highest BCUT2D eigenvalue weighted by atomic mass is 32.2. The minimum Gasteiger partial charge on any atom is -0.496 e. The summed E-state index contributed by atoms with van der Waals surface area (Å²) in [5.41, 5.74) is -8.54. The first-order chi connectivity index (χ1) is 39.7. The number of likely N-dealkylation sites (tertiary alicyclic amines) is 2. The summed E-state index contributed by atoms with van der Waals surface area (Å²) >= 11 is 0. The lowest BCUT2D eigenvalue weighted by atomic mass is 9.86. The number of hydrogen-bond donors (Lipinski definition) is 4. The van der Waals surface area contributed by atoms with Crippen LogP contribution < -0.4 is 20.1 Å². The van der Waals surface area contributed by atoms with E-state index in [1.54, 1.807) is 60.7 Å². The Hall–Kier alpha value is -6.98. The quantitative estimate of drug-likeness (QED) is 0.0597. The SMILES string of the molecule is COc1cc(C(F)(F)F)cc(C(F)(F)F)c1C(=O)N[C@H](c1ccccc1)C(C)(C)N1CCCC1.COc1cc(C(F)(F)F)cc(C(F)(F)F)c1C(=O)N[C@H](c1ccccc1)C(C)(C)N1CCCC1.O=S(=O)(O)c1cccc2c(S(=O)(=O)O)cccc12. The van der Waals surface area contributed by atoms with Gasteiger partial charge < -0.3 is 20.1 Å². The number of nitrogens with zero attached hydrogens (tertiary/aromatic N) is 2. The van der Waals surface area contributed by atoms with Crippen LogP contribution in [0.5, 0.6) is 11.5 Å². The monoisotopic (exact) mass is 1260 g/mol. The molecule has 2 aliphatic rings. The van der Waals surface area contributed by atoms with Gasteiger partial charge in [0.25, 0.3) is 32.1 Å². The molecule has 0 radical (unpaired) electrons. The van der Waals surface area contributed by atoms with Crippen LogP contribution in [-0.4, -0.2) is 99.0 Å². The van der Waals surface area contributed by atoms with Crippen molar-refractivity contribution >= 4 is 42.8 Å². The average molecular weight is 1270 g/mol. The number of ether oxygens (including phenoxy) is 2. The normalized spacial score (nSPS) is 15.6. The largest absolute Gasteiger partial charge is 0.496 e. The molecule has 4 N–H and O–H groups in total. The highest BCUT2D eigenvalue weighted by molar-refractivity contribution is 7.86. The molecule has 2 aliphatic heterocycles. The molecular formula is C58H60F12N4O10S2. The van der Waals surface area contributed by atoms with E-state index in [4.69, 9.17) is 18.6 Å². The second-order valence-corrected chi connectivity index (χ2v) is 23.9. The van der Waals surface area contributed by atoms with Crippen LogP contribution in [0, 0.1) is 0 Å². The van der Waals surface area contributed by atoms with Crippen molar-refractivity contribution in [3.8, 4) is 11.5 Å². The van der Waals surface area contributed by atoms with Gasteiger partial charge in [0, 0.05) is 21.9 Å². The van der Waals surface area contributed by atoms with Crippen LogP contribution in [0.1, 0.15) is 120 Å². The molecule has 0 bridgehead atoms. The molecule has 8 rings (SSSR count). The number of halogens is 12. The lowest BCUT2D eigenvalue weighted by Crippen LogP contribution is -2.53. The summed E-state index contributed by atoms with van der Waals surface area (Å²) < 4.78 is 235. The molecule has 0 unspecified atom stereocenters. The topological polar surface area (TPSA) is 192 Å². The molecule has 86 heavy (non-hydrogen) atoms. The van der Waals surface area contributed by atoms with Crippen LogP contribution in [0.4, 0.5) is 52.7 Å². The van der Waals surface area contributed by atoms with Crippen molar-refractivity contribution in [3.05, 3.63) is 166 Å². The Bertz CT molecular complexity index is 3370. The molecule has 2 amide bonds. The van der Waals surface area contributed by atoms with E-state index in [2.05, 4.69) is 20.4 Å². The van der Waals surface area contributed by atoms with Gasteiger partial charge in [-0.2, -0.15) is 69.5 Å². The molecular weight excluding hydrogens is 1200 g/mol. The van der Waals surface area contributed by atoms with E-state index in [-0.39, 0.29) is 22.9 Å². The first kappa shape index (κ1) is 68.1. The van der Waals surface area contributed by atoms with Crippen molar-refractivity contribution in [2.75, 3.05) is 40.4 Å². The maximum atomic E-state index is 13.8. The first-order valence-corrected chi connectivity index (χ1v) is 29.0. The standard InChI is InChI=1S/2C24H26F6N2O2.C10H8O6S2/c2*1-22(2,32-11-7-8-12-32)20(15-9-5-4-6-10-15)31-21(33)19-17(24(28,29)30)13-16(23(25,26)27)14-18(19)34-3;11-17(12,13)9-5-1-3-7-8(9)4-2-6-10(7)18(14,15)16/h2*4-6,9-10,13-14,20H,7-8,11-12H2,1-3H3,(H,31,33);1-6H,(H,11,12,13)(H,14,15,16)/t2*20-;/m11./s1. The highest BCUT2D eigenvalue weighted by Crippen LogP contribution is 2.45. The van der Waals surface area contributed by atoms with E-state index in [9.17, 15) is 79.1 Å². The molecule has 14 nitrogen and oxygen atoms in total. The zero-order valence-electron chi connectivity index (χ0n) is 46.8. The molecule has 2 atom stereocenters. The van der Waals surface area contributed by atoms with Gasteiger partial charge in [0.1, 0.15) is 21.3 Å². The highest BCUT2D eigenvalue weighted by Gasteiger charge is 2.46. The Morgan fingerprint density at radius 3 is 1.02 bits per heavy atom. The maximum Gasteiger partial charge on any atom is 0.417 e. The first-order valence-electron chi connectivity index (χ1n) is 26.2. The Labute approximate surface area is 488 Å². The zero-order chi connectivity index (χ0) is 64.2. The van der Waals surface area contributed by atoms with Gasteiger partial charge in [0.05, 0.1) is 59.7 Å². The fraction of sp³-hybridized carbons (Fsp3) is 0.379. The Morgan fingerprint density at radius 2 is 0.767 bits per heavy atom. The van der Waals surface area contributed by atoms with E-state index < -0.39 is 135 Å². The smallest absolute Gasteiger partial charge is 0.417 e. The number of carbonyl (C=O) groups is 2. The third kappa shape index (κ3) is 16.0. The maximum absolute atomic E-state index is 13.8. The van der Waals surface area contributed by atoms with Gasteiger partial charge in [-0.3, -0.25) is 28.5 Å². The molecule has 0 aliphatic carbocycles. The van der Waals surface area contributed by atoms with Crippen LogP contribution in [0.3, 0.4) is 0 Å². The number of hydrogen-bond acceptors (Lipinski definition) is 10. The summed E-state index contributed by atoms with van der Waals surface area (Å²) in [5.74, 6) is -3.94. The predicted octanol–water partition coefficient (Wildman–Crippen LogP) is 13.5. The number of alkyl halides is 12. The summed E-state index contributed by atoms with van der Waals surface area (Å²) in [7, 11) is -7.08. The minimum absolute atomic E-state index is 0.0233. The molecule has 2 heterocycles. The summed E-state index contributed by atoms with van der Waals surface area (Å²) in [4.78, 5) is 30.1. The minimum atomic E-state index is -5.21. The van der Waals surface area contributed by atoms with E-state index in [0.717, 1.165) is 78.2 Å². The van der Waals surface area contributed by atoms with Crippen molar-refractivity contribution in [1.29, 1.82) is 0 Å². The van der Waals surface area contributed by atoms with Gasteiger partial charge in [-0.1, -0.05) is 84.9 Å². The van der Waals surface area contributed by atoms with E-state index in [1.807, 2.05) is 27.7 Å². The summed E-state index contributed by atoms with van der Waals surface area (Å²) in [6.07, 6.45) is -16.7. The number of nitrogens with one attached hydrogen (secondary N) is 2. The molecule has 468 valence electrons. The van der Waals surface area contributed by atoms with Crippen molar-refractivity contribution in [2.24, 2.45) is 0 Å². The van der Waals surface area contributed by atoms with Gasteiger partial charge in [-0.15, -0.1) is 0 Å². The van der Waals surface area contributed by atoms with Crippen molar-refractivity contribution < 1.29 is 97.7 Å². The number of carbonyl (C=O) groups excluding carboxylic acids is 2. The van der Waals surface area contributed by atoms with E-state index in [1.165, 1.54) is 24.3 Å². The number of rotatable bonds is 14. The zero-order valence-corrected chi connectivity index (χ0v) is 48.4. The second-order valence-electron chi connectivity index (χ2n) is 21.1. The molecule has 6 aromatic rings. The van der Waals surface area contributed by atoms with E-state index >= 15 is 0 Å². The van der Waals surface area contributed by atoms with Crippen LogP contribution in [0.2, 0.25) is 0 Å². The van der Waals surface area contributed by atoms with Gasteiger partial charge in [-0.25, -0.2) is 0 Å². The fourth-order valence-corrected chi connectivity index (χ4v) is 11.9. The Kier molecular flexibility index (Phi) is 20.7. The third-order valence-corrected chi connectivity index (χ3v) is 16.7. The number of methoxy groups -OCH3 is 2. The molecule has 0 aromatic heterocycles. The van der Waals surface area contributed by atoms with Crippen LogP contribution in [0.15, 0.2) is 131 Å². The average Bonchev–Trinajstić information content (AvgIpc) is 4.21. The van der Waals surface area contributed by atoms with Gasteiger partial charge >= 0.3 is 24.7 Å². The summed E-state index contributed by atoms with van der Waals surface area (Å²) in [5, 5.41) is 5.39. The van der Waals surface area contributed by atoms with Crippen LogP contribution >= 0.6 is 0 Å². The predicted molar refractivity (Wildman–Crippen MR) is 293 cm³/mol. The fourth-order valence-electron chi connectivity index (χ4n) is 10.5. The lowest BCUT2D eigenvalue weighted by Gasteiger charge is -2.42. The van der Waals surface area contributed by atoms with Crippen LogP contribution in [0.25, 0.3) is 10.8 Å². The third-order valence-electron chi connectivity index (χ3n) is 14.8. The molecule has 0 saturated carbocycles. The number of amides is 2. The van der Waals surface area contributed by atoms with Gasteiger partial charge in [-0.05, 0) is 127 Å². The molecule has 2 saturated heterocycles. The molecule has 0 spiro atoms. The van der Waals surface area contributed by atoms with Crippen molar-refractivity contribution in [1.82, 2.24) is 20.4 Å². The Morgan fingerprint density at radius 1 is 0.465 bits per heavy atom. The second kappa shape index (κ2) is 26.2. The van der Waals surface area contributed by atoms with Crippen LogP contribution in [-0.2, 0) is 44.9 Å². The summed E-state index contributed by atoms with van der Waals surface area (Å²) in [6, 6.07) is 24.3. The van der Waals surface area contributed by atoms with Gasteiger partial charge in [0.15, 0.2) is 0 Å². The Balaban J connectivity index is 0.000000216. The number of fused-ring (bicyclic) bond motifs is 1. The van der Waals surface area contributed by atoms with Crippen molar-refractivity contribution in [2.45, 2.75) is 111 Å². The van der Waals surface area contributed by atoms with Crippen molar-refractivity contribution in [3.63, 3.8) is 0 Å².